The highest BCUT2D eigenvalue weighted by Crippen LogP contribution is 2.28. The number of anilines is 1. The number of tetrazole rings is 1. The van der Waals surface area contributed by atoms with Gasteiger partial charge in [0.15, 0.2) is 0 Å². The van der Waals surface area contributed by atoms with Crippen LogP contribution in [-0.4, -0.2) is 58.0 Å². The Labute approximate surface area is 214 Å². The minimum Gasteiger partial charge on any atom is -0.465 e. The molecule has 0 fully saturated rings. The lowest BCUT2D eigenvalue weighted by molar-refractivity contribution is 0.203. The second-order valence-corrected chi connectivity index (χ2v) is 8.60. The van der Waals surface area contributed by atoms with Crippen molar-refractivity contribution in [2.24, 2.45) is 0 Å². The molecular weight excluding hydrogens is 498 g/mol. The number of carbonyl (C=O) groups is 1. The van der Waals surface area contributed by atoms with Gasteiger partial charge in [0.25, 0.3) is 5.56 Å². The lowest BCUT2D eigenvalue weighted by Crippen LogP contribution is -2.24. The number of benzene rings is 2. The number of H-pyrrole nitrogens is 1. The minimum absolute atomic E-state index is 0.188. The van der Waals surface area contributed by atoms with Crippen LogP contribution in [0, 0.1) is 6.92 Å². The lowest BCUT2D eigenvalue weighted by atomic mass is 10.1. The van der Waals surface area contributed by atoms with Crippen molar-refractivity contribution in [1.82, 2.24) is 39.7 Å². The predicted octanol–water partition coefficient (Wildman–Crippen LogP) is 3.40. The van der Waals surface area contributed by atoms with E-state index in [1.807, 2.05) is 0 Å². The van der Waals surface area contributed by atoms with E-state index in [2.05, 4.69) is 30.5 Å². The van der Waals surface area contributed by atoms with Gasteiger partial charge in [-0.3, -0.25) is 14.3 Å². The van der Waals surface area contributed by atoms with E-state index in [4.69, 9.17) is 16.7 Å². The van der Waals surface area contributed by atoms with E-state index >= 15 is 0 Å². The van der Waals surface area contributed by atoms with Gasteiger partial charge in [0, 0.05) is 29.4 Å². The highest BCUT2D eigenvalue weighted by atomic mass is 35.5. The molecule has 0 aliphatic heterocycles. The van der Waals surface area contributed by atoms with Crippen molar-refractivity contribution in [3.8, 4) is 28.2 Å². The molecule has 2 aromatic carbocycles. The van der Waals surface area contributed by atoms with Crippen LogP contribution in [0.3, 0.4) is 0 Å². The number of carboxylic acid groups (broad SMARTS) is 1. The summed E-state index contributed by atoms with van der Waals surface area (Å²) in [6.07, 6.45) is 2.07. The fraction of sp³-hybridized carbons (Fsp3) is 0.125. The molecule has 5 aromatic rings. The highest BCUT2D eigenvalue weighted by Gasteiger charge is 2.15. The Hall–Kier alpha value is -4.84. The number of aryl methyl sites for hydroxylation is 1. The van der Waals surface area contributed by atoms with E-state index < -0.39 is 6.09 Å². The third-order valence-electron chi connectivity index (χ3n) is 5.82. The standard InChI is InChI=1S/C24H20ClN9O3/c1-14-28-19(18-9-16(25)5-8-21(18)34-13-27-30-31-34)10-23(35)33(14)12-22-26-11-20(29-22)15-3-6-17(7-4-15)32(2)24(36)37/h3-11,13H,12H2,1-2H3,(H,26,29)(H,36,37). The van der Waals surface area contributed by atoms with Gasteiger partial charge in [0.05, 0.1) is 29.8 Å². The van der Waals surface area contributed by atoms with Gasteiger partial charge in [0.1, 0.15) is 18.0 Å². The summed E-state index contributed by atoms with van der Waals surface area (Å²) in [7, 11) is 1.48. The third kappa shape index (κ3) is 4.82. The molecule has 0 saturated heterocycles. The summed E-state index contributed by atoms with van der Waals surface area (Å²) >= 11 is 6.22. The van der Waals surface area contributed by atoms with Crippen LogP contribution in [0.25, 0.3) is 28.2 Å². The average molecular weight is 518 g/mol. The molecule has 0 unspecified atom stereocenters. The van der Waals surface area contributed by atoms with Crippen molar-refractivity contribution in [1.29, 1.82) is 0 Å². The molecule has 0 aliphatic carbocycles. The largest absolute Gasteiger partial charge is 0.465 e. The summed E-state index contributed by atoms with van der Waals surface area (Å²) in [6, 6.07) is 13.6. The number of imidazole rings is 1. The van der Waals surface area contributed by atoms with E-state index in [0.717, 1.165) is 16.2 Å². The number of aromatic amines is 1. The van der Waals surface area contributed by atoms with Crippen molar-refractivity contribution in [3.63, 3.8) is 0 Å². The zero-order valence-electron chi connectivity index (χ0n) is 19.7. The van der Waals surface area contributed by atoms with Crippen LogP contribution < -0.4 is 10.5 Å². The molecule has 0 saturated carbocycles. The maximum atomic E-state index is 13.1. The fourth-order valence-electron chi connectivity index (χ4n) is 3.85. The topological polar surface area (TPSA) is 148 Å². The SMILES string of the molecule is Cc1nc(-c2cc(Cl)ccc2-n2cnnn2)cc(=O)n1Cc1ncc(-c2ccc(N(C)C(=O)O)cc2)[nH]1. The molecule has 0 atom stereocenters. The van der Waals surface area contributed by atoms with Gasteiger partial charge in [-0.15, -0.1) is 5.10 Å². The summed E-state index contributed by atoms with van der Waals surface area (Å²) in [4.78, 5) is 37.6. The van der Waals surface area contributed by atoms with Crippen molar-refractivity contribution >= 4 is 23.4 Å². The van der Waals surface area contributed by atoms with E-state index in [1.54, 1.807) is 55.6 Å². The Balaban J connectivity index is 1.42. The van der Waals surface area contributed by atoms with Crippen molar-refractivity contribution in [2.75, 3.05) is 11.9 Å². The normalized spacial score (nSPS) is 11.0. The molecule has 5 rings (SSSR count). The monoisotopic (exact) mass is 517 g/mol. The Kier molecular flexibility index (Phi) is 6.24. The molecule has 3 heterocycles. The third-order valence-corrected chi connectivity index (χ3v) is 6.05. The van der Waals surface area contributed by atoms with Gasteiger partial charge in [-0.1, -0.05) is 23.7 Å². The molecule has 2 N–H and O–H groups in total. The van der Waals surface area contributed by atoms with Crippen LogP contribution in [0.4, 0.5) is 10.5 Å². The number of amides is 1. The molecule has 0 spiro atoms. The summed E-state index contributed by atoms with van der Waals surface area (Å²) in [5.41, 5.74) is 3.54. The van der Waals surface area contributed by atoms with Crippen LogP contribution in [0.15, 0.2) is 65.8 Å². The quantitative estimate of drug-likeness (QED) is 0.348. The number of hydrogen-bond acceptors (Lipinski definition) is 7. The Bertz CT molecular complexity index is 1640. The summed E-state index contributed by atoms with van der Waals surface area (Å²) in [6.45, 7) is 1.93. The first-order chi connectivity index (χ1) is 17.8. The number of nitrogens with one attached hydrogen (secondary N) is 1. The van der Waals surface area contributed by atoms with Crippen molar-refractivity contribution in [3.05, 3.63) is 88.1 Å². The molecule has 0 radical (unpaired) electrons. The molecule has 12 nitrogen and oxygen atoms in total. The van der Waals surface area contributed by atoms with E-state index in [-0.39, 0.29) is 12.1 Å². The van der Waals surface area contributed by atoms with Gasteiger partial charge < -0.3 is 10.1 Å². The van der Waals surface area contributed by atoms with Crippen molar-refractivity contribution < 1.29 is 9.90 Å². The van der Waals surface area contributed by atoms with Crippen LogP contribution >= 0.6 is 11.6 Å². The fourth-order valence-corrected chi connectivity index (χ4v) is 4.02. The molecule has 1 amide bonds. The first-order valence-electron chi connectivity index (χ1n) is 11.0. The second kappa shape index (κ2) is 9.66. The number of nitrogens with zero attached hydrogens (tertiary/aromatic N) is 8. The van der Waals surface area contributed by atoms with Crippen LogP contribution in [0.1, 0.15) is 11.6 Å². The molecular formula is C24H20ClN9O3. The molecule has 3 aromatic heterocycles. The van der Waals surface area contributed by atoms with Crippen molar-refractivity contribution in [2.45, 2.75) is 13.5 Å². The average Bonchev–Trinajstić information content (AvgIpc) is 3.58. The van der Waals surface area contributed by atoms with E-state index in [0.29, 0.717) is 39.3 Å². The zero-order chi connectivity index (χ0) is 26.1. The molecule has 0 aliphatic rings. The number of hydrogen-bond donors (Lipinski definition) is 2. The van der Waals surface area contributed by atoms with Gasteiger partial charge in [-0.2, -0.15) is 4.68 Å². The number of rotatable bonds is 6. The van der Waals surface area contributed by atoms with Crippen LogP contribution in [-0.2, 0) is 6.54 Å². The maximum Gasteiger partial charge on any atom is 0.411 e. The van der Waals surface area contributed by atoms with Crippen LogP contribution in [0.2, 0.25) is 5.02 Å². The molecule has 13 heteroatoms. The van der Waals surface area contributed by atoms with Gasteiger partial charge in [0.2, 0.25) is 0 Å². The highest BCUT2D eigenvalue weighted by molar-refractivity contribution is 6.31. The second-order valence-electron chi connectivity index (χ2n) is 8.16. The van der Waals surface area contributed by atoms with Gasteiger partial charge in [-0.05, 0) is 53.2 Å². The minimum atomic E-state index is -1.04. The Morgan fingerprint density at radius 3 is 2.62 bits per heavy atom. The number of halogens is 1. The summed E-state index contributed by atoms with van der Waals surface area (Å²) < 4.78 is 2.99. The first-order valence-corrected chi connectivity index (χ1v) is 11.4. The zero-order valence-corrected chi connectivity index (χ0v) is 20.5. The Morgan fingerprint density at radius 2 is 1.95 bits per heavy atom. The predicted molar refractivity (Wildman–Crippen MR) is 136 cm³/mol. The Morgan fingerprint density at radius 1 is 1.16 bits per heavy atom. The molecule has 186 valence electrons. The van der Waals surface area contributed by atoms with E-state index in [1.165, 1.54) is 28.7 Å². The molecule has 0 bridgehead atoms. The van der Waals surface area contributed by atoms with Gasteiger partial charge in [-0.25, -0.2) is 14.8 Å². The van der Waals surface area contributed by atoms with E-state index in [9.17, 15) is 9.59 Å². The number of aromatic nitrogens is 8. The smallest absolute Gasteiger partial charge is 0.411 e. The molecule has 37 heavy (non-hydrogen) atoms. The van der Waals surface area contributed by atoms with Gasteiger partial charge >= 0.3 is 6.09 Å². The maximum absolute atomic E-state index is 13.1. The first kappa shape index (κ1) is 23.9. The summed E-state index contributed by atoms with van der Waals surface area (Å²) in [5.74, 6) is 1.06. The lowest BCUT2D eigenvalue weighted by Gasteiger charge is -2.13. The van der Waals surface area contributed by atoms with Crippen LogP contribution in [0.5, 0.6) is 0 Å². The summed E-state index contributed by atoms with van der Waals surface area (Å²) in [5, 5.41) is 20.9.